The van der Waals surface area contributed by atoms with Gasteiger partial charge in [-0.15, -0.1) is 0 Å². The van der Waals surface area contributed by atoms with E-state index < -0.39 is 0 Å². The van der Waals surface area contributed by atoms with Crippen LogP contribution >= 0.6 is 0 Å². The SMILES string of the molecule is COc1ccc(-c2ncc(C(=O)N[C@H](C)c3ccccc3)c(N3CCN(c4ccccc4OC)CC3)n2)cc1. The zero-order chi connectivity index (χ0) is 27.2. The number of piperazine rings is 1. The molecule has 2 heterocycles. The van der Waals surface area contributed by atoms with Crippen LogP contribution in [-0.4, -0.2) is 56.3 Å². The zero-order valence-electron chi connectivity index (χ0n) is 22.5. The molecule has 0 spiro atoms. The number of amides is 1. The van der Waals surface area contributed by atoms with Gasteiger partial charge in [-0.05, 0) is 48.9 Å². The molecule has 1 aliphatic heterocycles. The molecule has 3 aromatic carbocycles. The number of ether oxygens (including phenoxy) is 2. The predicted octanol–water partition coefficient (Wildman–Crippen LogP) is 4.98. The van der Waals surface area contributed by atoms with Crippen molar-refractivity contribution in [1.82, 2.24) is 15.3 Å². The summed E-state index contributed by atoms with van der Waals surface area (Å²) in [6.45, 7) is 4.91. The number of benzene rings is 3. The number of nitrogens with one attached hydrogen (secondary N) is 1. The number of para-hydroxylation sites is 2. The third kappa shape index (κ3) is 5.80. The van der Waals surface area contributed by atoms with E-state index in [-0.39, 0.29) is 11.9 Å². The van der Waals surface area contributed by atoms with Crippen LogP contribution in [0.2, 0.25) is 0 Å². The Morgan fingerprint density at radius 3 is 2.21 bits per heavy atom. The molecule has 0 unspecified atom stereocenters. The molecule has 1 atom stereocenters. The van der Waals surface area contributed by atoms with E-state index in [1.807, 2.05) is 79.7 Å². The second-order valence-electron chi connectivity index (χ2n) is 9.41. The molecule has 1 aliphatic rings. The van der Waals surface area contributed by atoms with E-state index in [1.165, 1.54) is 0 Å². The van der Waals surface area contributed by atoms with E-state index in [4.69, 9.17) is 14.5 Å². The molecule has 8 nitrogen and oxygen atoms in total. The van der Waals surface area contributed by atoms with Crippen molar-refractivity contribution in [2.24, 2.45) is 0 Å². The van der Waals surface area contributed by atoms with Crippen LogP contribution in [-0.2, 0) is 0 Å². The van der Waals surface area contributed by atoms with Crippen molar-refractivity contribution in [3.63, 3.8) is 0 Å². The summed E-state index contributed by atoms with van der Waals surface area (Å²) >= 11 is 0. The molecule has 1 fully saturated rings. The van der Waals surface area contributed by atoms with E-state index in [9.17, 15) is 4.79 Å². The summed E-state index contributed by atoms with van der Waals surface area (Å²) in [5.41, 5.74) is 3.42. The highest BCUT2D eigenvalue weighted by molar-refractivity contribution is 5.99. The van der Waals surface area contributed by atoms with Gasteiger partial charge in [-0.2, -0.15) is 0 Å². The van der Waals surface area contributed by atoms with Gasteiger partial charge in [-0.3, -0.25) is 4.79 Å². The first-order chi connectivity index (χ1) is 19.1. The average molecular weight is 524 g/mol. The van der Waals surface area contributed by atoms with E-state index in [2.05, 4.69) is 26.2 Å². The van der Waals surface area contributed by atoms with Crippen molar-refractivity contribution in [1.29, 1.82) is 0 Å². The first kappa shape index (κ1) is 26.0. The number of carbonyl (C=O) groups excluding carboxylic acids is 1. The zero-order valence-corrected chi connectivity index (χ0v) is 22.5. The van der Waals surface area contributed by atoms with Crippen molar-refractivity contribution < 1.29 is 14.3 Å². The molecule has 8 heteroatoms. The lowest BCUT2D eigenvalue weighted by molar-refractivity contribution is 0.0939. The number of hydrogen-bond donors (Lipinski definition) is 1. The number of rotatable bonds is 8. The monoisotopic (exact) mass is 523 g/mol. The van der Waals surface area contributed by atoms with Crippen LogP contribution in [0.1, 0.15) is 28.9 Å². The molecule has 0 saturated carbocycles. The Morgan fingerprint density at radius 2 is 1.51 bits per heavy atom. The van der Waals surface area contributed by atoms with Crippen LogP contribution in [0.5, 0.6) is 11.5 Å². The van der Waals surface area contributed by atoms with Gasteiger partial charge in [0, 0.05) is 37.9 Å². The number of aromatic nitrogens is 2. The molecule has 1 aromatic heterocycles. The molecule has 0 aliphatic carbocycles. The Morgan fingerprint density at radius 1 is 0.846 bits per heavy atom. The van der Waals surface area contributed by atoms with E-state index in [0.717, 1.165) is 41.4 Å². The first-order valence-electron chi connectivity index (χ1n) is 13.1. The standard InChI is InChI=1S/C31H33N5O3/c1-22(23-9-5-4-6-10-23)33-31(37)26-21-32-29(24-13-15-25(38-2)16-14-24)34-30(26)36-19-17-35(18-20-36)27-11-7-8-12-28(27)39-3/h4-16,21-22H,17-20H2,1-3H3,(H,33,37)/t22-/m1/s1. The van der Waals surface area contributed by atoms with Gasteiger partial charge in [0.1, 0.15) is 22.9 Å². The second-order valence-corrected chi connectivity index (χ2v) is 9.41. The smallest absolute Gasteiger partial charge is 0.257 e. The fourth-order valence-corrected chi connectivity index (χ4v) is 4.80. The maximum atomic E-state index is 13.5. The molecular weight excluding hydrogens is 490 g/mol. The third-order valence-corrected chi connectivity index (χ3v) is 7.01. The fourth-order valence-electron chi connectivity index (χ4n) is 4.80. The Bertz CT molecular complexity index is 1400. The molecular formula is C31H33N5O3. The van der Waals surface area contributed by atoms with Crippen LogP contribution < -0.4 is 24.6 Å². The van der Waals surface area contributed by atoms with Crippen LogP contribution in [0.25, 0.3) is 11.4 Å². The lowest BCUT2D eigenvalue weighted by Crippen LogP contribution is -2.47. The largest absolute Gasteiger partial charge is 0.497 e. The van der Waals surface area contributed by atoms with Gasteiger partial charge in [-0.25, -0.2) is 9.97 Å². The summed E-state index contributed by atoms with van der Waals surface area (Å²) in [4.78, 5) is 27.5. The normalized spacial score (nSPS) is 14.0. The molecule has 39 heavy (non-hydrogen) atoms. The quantitative estimate of drug-likeness (QED) is 0.349. The van der Waals surface area contributed by atoms with Crippen molar-refractivity contribution in [3.05, 3.63) is 96.2 Å². The fraction of sp³-hybridized carbons (Fsp3) is 0.258. The summed E-state index contributed by atoms with van der Waals surface area (Å²) in [6, 6.07) is 25.4. The summed E-state index contributed by atoms with van der Waals surface area (Å²) in [7, 11) is 3.33. The topological polar surface area (TPSA) is 79.8 Å². The van der Waals surface area contributed by atoms with Crippen molar-refractivity contribution in [3.8, 4) is 22.9 Å². The minimum Gasteiger partial charge on any atom is -0.497 e. The van der Waals surface area contributed by atoms with Gasteiger partial charge >= 0.3 is 0 Å². The number of carbonyl (C=O) groups is 1. The van der Waals surface area contributed by atoms with Crippen LogP contribution in [0.15, 0.2) is 85.1 Å². The van der Waals surface area contributed by atoms with Crippen LogP contribution in [0.3, 0.4) is 0 Å². The average Bonchev–Trinajstić information content (AvgIpc) is 3.01. The highest BCUT2D eigenvalue weighted by Crippen LogP contribution is 2.30. The highest BCUT2D eigenvalue weighted by atomic mass is 16.5. The maximum absolute atomic E-state index is 13.5. The van der Waals surface area contributed by atoms with Gasteiger partial charge in [0.15, 0.2) is 5.82 Å². The molecule has 1 amide bonds. The van der Waals surface area contributed by atoms with Gasteiger partial charge in [0.25, 0.3) is 5.91 Å². The second kappa shape index (κ2) is 11.9. The number of anilines is 2. The summed E-state index contributed by atoms with van der Waals surface area (Å²) < 4.78 is 10.9. The minimum absolute atomic E-state index is 0.157. The molecule has 0 radical (unpaired) electrons. The summed E-state index contributed by atoms with van der Waals surface area (Å²) in [5, 5.41) is 3.13. The summed E-state index contributed by atoms with van der Waals surface area (Å²) in [5.74, 6) is 2.61. The molecule has 1 saturated heterocycles. The predicted molar refractivity (Wildman–Crippen MR) is 154 cm³/mol. The van der Waals surface area contributed by atoms with Crippen molar-refractivity contribution >= 4 is 17.4 Å². The molecule has 4 aromatic rings. The van der Waals surface area contributed by atoms with E-state index >= 15 is 0 Å². The van der Waals surface area contributed by atoms with E-state index in [1.54, 1.807) is 20.4 Å². The van der Waals surface area contributed by atoms with Crippen molar-refractivity contribution in [2.45, 2.75) is 13.0 Å². The van der Waals surface area contributed by atoms with Crippen LogP contribution in [0.4, 0.5) is 11.5 Å². The molecule has 200 valence electrons. The lowest BCUT2D eigenvalue weighted by Gasteiger charge is -2.37. The van der Waals surface area contributed by atoms with Crippen LogP contribution in [0, 0.1) is 0 Å². The third-order valence-electron chi connectivity index (χ3n) is 7.01. The Balaban J connectivity index is 1.42. The Labute approximate surface area is 229 Å². The number of hydrogen-bond acceptors (Lipinski definition) is 7. The lowest BCUT2D eigenvalue weighted by atomic mass is 10.1. The van der Waals surface area contributed by atoms with Crippen molar-refractivity contribution in [2.75, 3.05) is 50.2 Å². The van der Waals surface area contributed by atoms with Gasteiger partial charge in [-0.1, -0.05) is 42.5 Å². The highest BCUT2D eigenvalue weighted by Gasteiger charge is 2.26. The molecule has 1 N–H and O–H groups in total. The van der Waals surface area contributed by atoms with E-state index in [0.29, 0.717) is 30.3 Å². The Hall–Kier alpha value is -4.59. The maximum Gasteiger partial charge on any atom is 0.257 e. The minimum atomic E-state index is -0.199. The Kier molecular flexibility index (Phi) is 7.91. The molecule has 5 rings (SSSR count). The number of methoxy groups -OCH3 is 2. The summed E-state index contributed by atoms with van der Waals surface area (Å²) in [6.07, 6.45) is 1.64. The molecule has 0 bridgehead atoms. The first-order valence-corrected chi connectivity index (χ1v) is 13.1. The van der Waals surface area contributed by atoms with Gasteiger partial charge in [0.2, 0.25) is 0 Å². The number of nitrogens with zero attached hydrogens (tertiary/aromatic N) is 4. The van der Waals surface area contributed by atoms with Gasteiger partial charge in [0.05, 0.1) is 25.9 Å². The van der Waals surface area contributed by atoms with Gasteiger partial charge < -0.3 is 24.6 Å².